The SMILES string of the molecule is NC(Cc1c[nH]c2ccc(-c3ccncc3)c([N+](=O)[O-])c12)C(=O)O. The zero-order chi connectivity index (χ0) is 17.3. The van der Waals surface area contributed by atoms with Crippen LogP contribution in [0.15, 0.2) is 42.9 Å². The summed E-state index contributed by atoms with van der Waals surface area (Å²) in [6.07, 6.45) is 4.68. The van der Waals surface area contributed by atoms with Crippen molar-refractivity contribution in [2.75, 3.05) is 0 Å². The summed E-state index contributed by atoms with van der Waals surface area (Å²) in [7, 11) is 0. The Labute approximate surface area is 136 Å². The zero-order valence-corrected chi connectivity index (χ0v) is 12.5. The lowest BCUT2D eigenvalue weighted by Crippen LogP contribution is -2.32. The number of nitro groups is 1. The highest BCUT2D eigenvalue weighted by Crippen LogP contribution is 2.38. The maximum Gasteiger partial charge on any atom is 0.320 e. The van der Waals surface area contributed by atoms with E-state index in [1.165, 1.54) is 0 Å². The van der Waals surface area contributed by atoms with Crippen LogP contribution in [0.25, 0.3) is 22.0 Å². The molecule has 8 heteroatoms. The quantitative estimate of drug-likeness (QED) is 0.485. The molecule has 0 aliphatic rings. The number of aliphatic carboxylic acids is 1. The van der Waals surface area contributed by atoms with Crippen molar-refractivity contribution >= 4 is 22.6 Å². The van der Waals surface area contributed by atoms with E-state index in [1.807, 2.05) is 0 Å². The fourth-order valence-corrected chi connectivity index (χ4v) is 2.71. The second kappa shape index (κ2) is 6.09. The number of aromatic nitrogens is 2. The predicted molar refractivity (Wildman–Crippen MR) is 87.5 cm³/mol. The van der Waals surface area contributed by atoms with Crippen LogP contribution in [0.1, 0.15) is 5.56 Å². The lowest BCUT2D eigenvalue weighted by molar-refractivity contribution is -0.382. The van der Waals surface area contributed by atoms with Gasteiger partial charge in [-0.25, -0.2) is 0 Å². The minimum Gasteiger partial charge on any atom is -0.480 e. The van der Waals surface area contributed by atoms with E-state index < -0.39 is 16.9 Å². The number of nitrogens with two attached hydrogens (primary N) is 1. The highest BCUT2D eigenvalue weighted by atomic mass is 16.6. The van der Waals surface area contributed by atoms with E-state index in [9.17, 15) is 14.9 Å². The van der Waals surface area contributed by atoms with Crippen molar-refractivity contribution in [3.8, 4) is 11.1 Å². The van der Waals surface area contributed by atoms with Crippen molar-refractivity contribution < 1.29 is 14.8 Å². The third-order valence-corrected chi connectivity index (χ3v) is 3.83. The molecule has 1 atom stereocenters. The van der Waals surface area contributed by atoms with Crippen molar-refractivity contribution in [1.29, 1.82) is 0 Å². The van der Waals surface area contributed by atoms with Gasteiger partial charge in [0.05, 0.1) is 21.4 Å². The topological polar surface area (TPSA) is 135 Å². The summed E-state index contributed by atoms with van der Waals surface area (Å²) in [4.78, 5) is 29.1. The van der Waals surface area contributed by atoms with E-state index in [-0.39, 0.29) is 12.1 Å². The number of hydrogen-bond donors (Lipinski definition) is 3. The van der Waals surface area contributed by atoms with Gasteiger partial charge in [-0.15, -0.1) is 0 Å². The maximum absolute atomic E-state index is 11.7. The Morgan fingerprint density at radius 1 is 1.33 bits per heavy atom. The number of rotatable bonds is 5. The number of H-pyrrole nitrogens is 1. The largest absolute Gasteiger partial charge is 0.480 e. The molecule has 0 amide bonds. The van der Waals surface area contributed by atoms with Gasteiger partial charge in [0.2, 0.25) is 0 Å². The van der Waals surface area contributed by atoms with Crippen molar-refractivity contribution in [2.45, 2.75) is 12.5 Å². The van der Waals surface area contributed by atoms with Gasteiger partial charge in [0.1, 0.15) is 6.04 Å². The average Bonchev–Trinajstić information content (AvgIpc) is 2.97. The summed E-state index contributed by atoms with van der Waals surface area (Å²) in [5.74, 6) is -1.16. The number of hydrogen-bond acceptors (Lipinski definition) is 5. The molecule has 0 aliphatic heterocycles. The molecule has 3 rings (SSSR count). The predicted octanol–water partition coefficient (Wildman–Crippen LogP) is 2.09. The third kappa shape index (κ3) is 2.70. The Morgan fingerprint density at radius 2 is 2.04 bits per heavy atom. The molecular weight excluding hydrogens is 312 g/mol. The van der Waals surface area contributed by atoms with Crippen molar-refractivity contribution in [3.05, 3.63) is 58.5 Å². The number of carbonyl (C=O) groups is 1. The molecule has 4 N–H and O–H groups in total. The van der Waals surface area contributed by atoms with E-state index in [1.54, 1.807) is 42.9 Å². The van der Waals surface area contributed by atoms with Gasteiger partial charge >= 0.3 is 5.97 Å². The Bertz CT molecular complexity index is 920. The van der Waals surface area contributed by atoms with Gasteiger partial charge in [0.15, 0.2) is 0 Å². The first-order chi connectivity index (χ1) is 11.5. The second-order valence-corrected chi connectivity index (χ2v) is 5.34. The second-order valence-electron chi connectivity index (χ2n) is 5.34. The number of carboxylic acid groups (broad SMARTS) is 1. The fraction of sp³-hybridized carbons (Fsp3) is 0.125. The Balaban J connectivity index is 2.23. The molecule has 2 heterocycles. The summed E-state index contributed by atoms with van der Waals surface area (Å²) in [6.45, 7) is 0. The Kier molecular flexibility index (Phi) is 3.97. The molecule has 0 spiro atoms. The molecule has 122 valence electrons. The molecule has 1 aromatic carbocycles. The van der Waals surface area contributed by atoms with E-state index in [2.05, 4.69) is 9.97 Å². The minimum absolute atomic E-state index is 0.00400. The Hall–Kier alpha value is -3.26. The van der Waals surface area contributed by atoms with Crippen LogP contribution in [-0.2, 0) is 11.2 Å². The molecule has 2 aromatic heterocycles. The molecule has 0 fully saturated rings. The Morgan fingerprint density at radius 3 is 2.67 bits per heavy atom. The first-order valence-electron chi connectivity index (χ1n) is 7.15. The number of pyridine rings is 1. The third-order valence-electron chi connectivity index (χ3n) is 3.83. The number of nitrogens with one attached hydrogen (secondary N) is 1. The summed E-state index contributed by atoms with van der Waals surface area (Å²) >= 11 is 0. The molecule has 8 nitrogen and oxygen atoms in total. The number of fused-ring (bicyclic) bond motifs is 1. The van der Waals surface area contributed by atoms with Crippen molar-refractivity contribution in [3.63, 3.8) is 0 Å². The number of aromatic amines is 1. The van der Waals surface area contributed by atoms with Crippen molar-refractivity contribution in [2.24, 2.45) is 5.73 Å². The number of benzene rings is 1. The first-order valence-corrected chi connectivity index (χ1v) is 7.15. The molecule has 0 bridgehead atoms. The fourth-order valence-electron chi connectivity index (χ4n) is 2.71. The van der Waals surface area contributed by atoms with Gasteiger partial charge in [-0.1, -0.05) is 0 Å². The van der Waals surface area contributed by atoms with Crippen LogP contribution in [0.2, 0.25) is 0 Å². The molecule has 3 aromatic rings. The van der Waals surface area contributed by atoms with Gasteiger partial charge < -0.3 is 15.8 Å². The van der Waals surface area contributed by atoms with Crippen LogP contribution in [0.5, 0.6) is 0 Å². The van der Waals surface area contributed by atoms with E-state index >= 15 is 0 Å². The first kappa shape index (κ1) is 15.6. The van der Waals surface area contributed by atoms with Crippen LogP contribution in [-0.4, -0.2) is 32.0 Å². The van der Waals surface area contributed by atoms with Crippen LogP contribution < -0.4 is 5.73 Å². The lowest BCUT2D eigenvalue weighted by Gasteiger charge is -2.08. The maximum atomic E-state index is 11.7. The van der Waals surface area contributed by atoms with Gasteiger partial charge in [0, 0.05) is 25.0 Å². The summed E-state index contributed by atoms with van der Waals surface area (Å²) in [5, 5.41) is 21.1. The molecule has 24 heavy (non-hydrogen) atoms. The normalized spacial score (nSPS) is 12.2. The number of nitrogens with zero attached hydrogens (tertiary/aromatic N) is 2. The standard InChI is InChI=1S/C16H14N4O4/c17-12(16(21)22)7-10-8-19-13-2-1-11(9-3-5-18-6-4-9)15(14(10)13)20(23)24/h1-6,8,12,19H,7,17H2,(H,21,22). The van der Waals surface area contributed by atoms with E-state index in [4.69, 9.17) is 10.8 Å². The minimum atomic E-state index is -1.16. The van der Waals surface area contributed by atoms with Crippen LogP contribution in [0, 0.1) is 10.1 Å². The van der Waals surface area contributed by atoms with Gasteiger partial charge in [-0.05, 0) is 35.4 Å². The van der Waals surface area contributed by atoms with Crippen molar-refractivity contribution in [1.82, 2.24) is 9.97 Å². The summed E-state index contributed by atoms with van der Waals surface area (Å²) in [5.41, 5.74) is 7.68. The lowest BCUT2D eigenvalue weighted by atomic mass is 9.98. The highest BCUT2D eigenvalue weighted by Gasteiger charge is 2.25. The smallest absolute Gasteiger partial charge is 0.320 e. The molecule has 0 aliphatic carbocycles. The van der Waals surface area contributed by atoms with Gasteiger partial charge in [0.25, 0.3) is 5.69 Å². The van der Waals surface area contributed by atoms with Gasteiger partial charge in [-0.3, -0.25) is 19.9 Å². The highest BCUT2D eigenvalue weighted by molar-refractivity contribution is 5.99. The number of carboxylic acids is 1. The monoisotopic (exact) mass is 326 g/mol. The van der Waals surface area contributed by atoms with E-state index in [0.717, 1.165) is 0 Å². The molecule has 1 unspecified atom stereocenters. The van der Waals surface area contributed by atoms with Crippen LogP contribution in [0.4, 0.5) is 5.69 Å². The summed E-state index contributed by atoms with van der Waals surface area (Å²) in [6, 6.07) is 5.63. The van der Waals surface area contributed by atoms with Crippen LogP contribution in [0.3, 0.4) is 0 Å². The average molecular weight is 326 g/mol. The number of nitro benzene ring substituents is 1. The zero-order valence-electron chi connectivity index (χ0n) is 12.5. The molecule has 0 radical (unpaired) electrons. The van der Waals surface area contributed by atoms with E-state index in [0.29, 0.717) is 27.6 Å². The van der Waals surface area contributed by atoms with Gasteiger partial charge in [-0.2, -0.15) is 0 Å². The molecule has 0 saturated heterocycles. The molecule has 0 saturated carbocycles. The molecular formula is C16H14N4O4. The van der Waals surface area contributed by atoms with Crippen LogP contribution >= 0.6 is 0 Å². The summed E-state index contributed by atoms with van der Waals surface area (Å²) < 4.78 is 0.